The van der Waals surface area contributed by atoms with Crippen molar-refractivity contribution >= 4 is 5.69 Å². The lowest BCUT2D eigenvalue weighted by Gasteiger charge is -2.38. The van der Waals surface area contributed by atoms with Crippen molar-refractivity contribution in [3.63, 3.8) is 0 Å². The van der Waals surface area contributed by atoms with Crippen LogP contribution in [-0.2, 0) is 4.74 Å². The second-order valence-electron chi connectivity index (χ2n) is 4.73. The highest BCUT2D eigenvalue weighted by Crippen LogP contribution is 2.35. The van der Waals surface area contributed by atoms with Gasteiger partial charge in [0.25, 0.3) is 0 Å². The molecule has 86 valence electrons. The van der Waals surface area contributed by atoms with Gasteiger partial charge in [-0.1, -0.05) is 6.92 Å². The van der Waals surface area contributed by atoms with Crippen LogP contribution in [0.1, 0.15) is 6.92 Å². The van der Waals surface area contributed by atoms with Gasteiger partial charge in [0.05, 0.1) is 13.2 Å². The molecule has 1 aromatic carbocycles. The highest BCUT2D eigenvalue weighted by molar-refractivity contribution is 5.55. The maximum absolute atomic E-state index is 5.32. The van der Waals surface area contributed by atoms with E-state index in [9.17, 15) is 0 Å². The molecule has 1 fully saturated rings. The van der Waals surface area contributed by atoms with Crippen molar-refractivity contribution in [3.8, 4) is 11.5 Å². The van der Waals surface area contributed by atoms with E-state index in [-0.39, 0.29) is 5.41 Å². The zero-order valence-electron chi connectivity index (χ0n) is 9.29. The van der Waals surface area contributed by atoms with Crippen LogP contribution in [0.2, 0.25) is 0 Å². The van der Waals surface area contributed by atoms with Gasteiger partial charge in [0.1, 0.15) is 0 Å². The number of nitrogens with one attached hydrogen (secondary N) is 1. The Morgan fingerprint density at radius 2 is 2.06 bits per heavy atom. The highest BCUT2D eigenvalue weighted by Gasteiger charge is 2.33. The first-order valence-corrected chi connectivity index (χ1v) is 5.47. The molecule has 3 rings (SSSR count). The minimum Gasteiger partial charge on any atom is -0.454 e. The van der Waals surface area contributed by atoms with Gasteiger partial charge in [-0.2, -0.15) is 0 Å². The van der Waals surface area contributed by atoms with Gasteiger partial charge in [-0.25, -0.2) is 0 Å². The molecule has 0 radical (unpaired) electrons. The Balaban J connectivity index is 1.66. The molecule has 4 nitrogen and oxygen atoms in total. The van der Waals surface area contributed by atoms with E-state index in [1.165, 1.54) is 0 Å². The molecule has 0 atom stereocenters. The van der Waals surface area contributed by atoms with Gasteiger partial charge in [0.15, 0.2) is 11.5 Å². The van der Waals surface area contributed by atoms with Gasteiger partial charge in [0.2, 0.25) is 6.79 Å². The van der Waals surface area contributed by atoms with E-state index in [4.69, 9.17) is 14.2 Å². The predicted octanol–water partition coefficient (Wildman–Crippen LogP) is 1.86. The van der Waals surface area contributed by atoms with Gasteiger partial charge < -0.3 is 19.5 Å². The molecule has 0 amide bonds. The number of rotatable bonds is 3. The van der Waals surface area contributed by atoms with E-state index in [0.29, 0.717) is 6.79 Å². The van der Waals surface area contributed by atoms with E-state index in [1.54, 1.807) is 0 Å². The third kappa shape index (κ3) is 1.69. The van der Waals surface area contributed by atoms with Crippen molar-refractivity contribution in [1.29, 1.82) is 0 Å². The quantitative estimate of drug-likeness (QED) is 0.845. The second-order valence-corrected chi connectivity index (χ2v) is 4.73. The van der Waals surface area contributed by atoms with E-state index in [2.05, 4.69) is 12.2 Å². The highest BCUT2D eigenvalue weighted by atomic mass is 16.7. The summed E-state index contributed by atoms with van der Waals surface area (Å²) in [5, 5.41) is 3.40. The number of ether oxygens (including phenoxy) is 3. The molecule has 0 spiro atoms. The third-order valence-electron chi connectivity index (χ3n) is 2.99. The van der Waals surface area contributed by atoms with Gasteiger partial charge in [-0.15, -0.1) is 0 Å². The van der Waals surface area contributed by atoms with Crippen molar-refractivity contribution < 1.29 is 14.2 Å². The molecule has 4 heteroatoms. The van der Waals surface area contributed by atoms with Crippen molar-refractivity contribution in [2.24, 2.45) is 5.41 Å². The van der Waals surface area contributed by atoms with E-state index in [1.807, 2.05) is 18.2 Å². The van der Waals surface area contributed by atoms with E-state index >= 15 is 0 Å². The molecule has 1 N–H and O–H groups in total. The lowest BCUT2D eigenvalue weighted by molar-refractivity contribution is -0.0924. The Bertz CT molecular complexity index is 401. The third-order valence-corrected chi connectivity index (χ3v) is 2.99. The molecule has 2 aliphatic rings. The molecule has 0 aliphatic carbocycles. The first-order valence-electron chi connectivity index (χ1n) is 5.47. The van der Waals surface area contributed by atoms with Gasteiger partial charge in [-0.3, -0.25) is 0 Å². The van der Waals surface area contributed by atoms with Crippen LogP contribution in [0, 0.1) is 5.41 Å². The van der Waals surface area contributed by atoms with E-state index in [0.717, 1.165) is 36.9 Å². The largest absolute Gasteiger partial charge is 0.454 e. The standard InChI is InChI=1S/C12H15NO3/c1-12(6-14-7-12)5-13-9-2-3-10-11(4-9)16-8-15-10/h2-4,13H,5-8H2,1H3. The lowest BCUT2D eigenvalue weighted by Crippen LogP contribution is -2.45. The topological polar surface area (TPSA) is 39.7 Å². The lowest BCUT2D eigenvalue weighted by atomic mass is 9.89. The van der Waals surface area contributed by atoms with Crippen LogP contribution in [0.5, 0.6) is 11.5 Å². The molecular weight excluding hydrogens is 206 g/mol. The van der Waals surface area contributed by atoms with Crippen LogP contribution in [0.15, 0.2) is 18.2 Å². The molecule has 1 aromatic rings. The zero-order valence-corrected chi connectivity index (χ0v) is 9.29. The molecular formula is C12H15NO3. The van der Waals surface area contributed by atoms with Crippen LogP contribution in [0.25, 0.3) is 0 Å². The molecule has 0 unspecified atom stereocenters. The molecule has 0 bridgehead atoms. The minimum absolute atomic E-state index is 0.274. The predicted molar refractivity (Wildman–Crippen MR) is 60.0 cm³/mol. The number of anilines is 1. The fraction of sp³-hybridized carbons (Fsp3) is 0.500. The molecule has 2 aliphatic heterocycles. The van der Waals surface area contributed by atoms with Crippen molar-refractivity contribution in [1.82, 2.24) is 0 Å². The number of hydrogen-bond donors (Lipinski definition) is 1. The zero-order chi connectivity index (χ0) is 11.0. The minimum atomic E-state index is 0.274. The van der Waals surface area contributed by atoms with Crippen molar-refractivity contribution in [3.05, 3.63) is 18.2 Å². The van der Waals surface area contributed by atoms with Crippen LogP contribution in [-0.4, -0.2) is 26.6 Å². The Kier molecular flexibility index (Phi) is 2.17. The summed E-state index contributed by atoms with van der Waals surface area (Å²) in [6.45, 7) is 5.14. The normalized spacial score (nSPS) is 20.3. The molecule has 1 saturated heterocycles. The van der Waals surface area contributed by atoms with Gasteiger partial charge in [-0.05, 0) is 12.1 Å². The average molecular weight is 221 g/mol. The van der Waals surface area contributed by atoms with Crippen LogP contribution in [0.4, 0.5) is 5.69 Å². The Labute approximate surface area is 94.5 Å². The van der Waals surface area contributed by atoms with Crippen LogP contribution >= 0.6 is 0 Å². The summed E-state index contributed by atoms with van der Waals surface area (Å²) in [5.74, 6) is 1.64. The number of benzene rings is 1. The summed E-state index contributed by atoms with van der Waals surface area (Å²) < 4.78 is 15.8. The fourth-order valence-corrected chi connectivity index (χ4v) is 1.87. The second kappa shape index (κ2) is 3.56. The van der Waals surface area contributed by atoms with Gasteiger partial charge in [0, 0.05) is 23.7 Å². The molecule has 16 heavy (non-hydrogen) atoms. The Morgan fingerprint density at radius 3 is 2.81 bits per heavy atom. The maximum Gasteiger partial charge on any atom is 0.231 e. The SMILES string of the molecule is CC1(CNc2ccc3c(c2)OCO3)COC1. The molecule has 2 heterocycles. The van der Waals surface area contributed by atoms with Crippen LogP contribution < -0.4 is 14.8 Å². The summed E-state index contributed by atoms with van der Waals surface area (Å²) >= 11 is 0. The summed E-state index contributed by atoms with van der Waals surface area (Å²) in [5.41, 5.74) is 1.34. The van der Waals surface area contributed by atoms with Crippen molar-refractivity contribution in [2.45, 2.75) is 6.92 Å². The maximum atomic E-state index is 5.32. The monoisotopic (exact) mass is 221 g/mol. The average Bonchev–Trinajstić information content (AvgIpc) is 2.70. The Morgan fingerprint density at radius 1 is 1.25 bits per heavy atom. The smallest absolute Gasteiger partial charge is 0.231 e. The number of fused-ring (bicyclic) bond motifs is 1. The first kappa shape index (κ1) is 9.78. The molecule has 0 saturated carbocycles. The van der Waals surface area contributed by atoms with Crippen molar-refractivity contribution in [2.75, 3.05) is 31.9 Å². The van der Waals surface area contributed by atoms with E-state index < -0.39 is 0 Å². The van der Waals surface area contributed by atoms with Crippen LogP contribution in [0.3, 0.4) is 0 Å². The summed E-state index contributed by atoms with van der Waals surface area (Å²) in [7, 11) is 0. The Hall–Kier alpha value is -1.42. The summed E-state index contributed by atoms with van der Waals surface area (Å²) in [6.07, 6.45) is 0. The van der Waals surface area contributed by atoms with Gasteiger partial charge >= 0.3 is 0 Å². The number of hydrogen-bond acceptors (Lipinski definition) is 4. The summed E-state index contributed by atoms with van der Waals surface area (Å²) in [6, 6.07) is 5.92. The molecule has 0 aromatic heterocycles. The first-order chi connectivity index (χ1) is 7.75. The summed E-state index contributed by atoms with van der Waals surface area (Å²) in [4.78, 5) is 0. The fourth-order valence-electron chi connectivity index (χ4n) is 1.87.